The third-order valence-corrected chi connectivity index (χ3v) is 8.93. The van der Waals surface area contributed by atoms with Gasteiger partial charge in [0.25, 0.3) is 0 Å². The minimum atomic E-state index is -0.302. The van der Waals surface area contributed by atoms with Crippen LogP contribution in [0.15, 0.2) is 24.3 Å². The molecule has 1 saturated heterocycles. The molecule has 1 heterocycles. The zero-order chi connectivity index (χ0) is 24.1. The van der Waals surface area contributed by atoms with Crippen molar-refractivity contribution in [1.29, 1.82) is 0 Å². The molecule has 1 aromatic rings. The lowest BCUT2D eigenvalue weighted by Gasteiger charge is -2.36. The van der Waals surface area contributed by atoms with Crippen LogP contribution in [0, 0.1) is 35.4 Å². The number of likely N-dealkylation sites (tertiary alicyclic amines) is 1. The second-order valence-corrected chi connectivity index (χ2v) is 10.9. The molecule has 188 valence electrons. The first-order chi connectivity index (χ1) is 16.4. The summed E-state index contributed by atoms with van der Waals surface area (Å²) < 4.78 is 18.7. The van der Waals surface area contributed by atoms with E-state index in [0.717, 1.165) is 70.5 Å². The first-order valence-corrected chi connectivity index (χ1v) is 13.3. The summed E-state index contributed by atoms with van der Waals surface area (Å²) >= 11 is 0. The first-order valence-electron chi connectivity index (χ1n) is 13.3. The van der Waals surface area contributed by atoms with Gasteiger partial charge < -0.3 is 15.4 Å². The van der Waals surface area contributed by atoms with Crippen molar-refractivity contribution in [2.75, 3.05) is 26.7 Å². The van der Waals surface area contributed by atoms with Gasteiger partial charge in [-0.2, -0.15) is 0 Å². The molecule has 1 amide bonds. The molecule has 6 heteroatoms. The molecule has 2 N–H and O–H groups in total. The molecule has 1 aliphatic heterocycles. The Hall–Kier alpha value is -1.79. The Morgan fingerprint density at radius 2 is 1.65 bits per heavy atom. The second-order valence-electron chi connectivity index (χ2n) is 10.9. The van der Waals surface area contributed by atoms with Gasteiger partial charge in [0.15, 0.2) is 5.78 Å². The van der Waals surface area contributed by atoms with Crippen molar-refractivity contribution in [3.05, 3.63) is 35.6 Å². The maximum atomic E-state index is 13.1. The fraction of sp³-hybridized carbons (Fsp3) is 0.714. The molecule has 1 aromatic carbocycles. The van der Waals surface area contributed by atoms with Crippen LogP contribution in [0.4, 0.5) is 4.39 Å². The number of amides is 1. The number of piperidine rings is 1. The minimum Gasteiger partial charge on any atom is -0.381 e. The largest absolute Gasteiger partial charge is 0.381 e. The smallest absolute Gasteiger partial charge is 0.221 e. The van der Waals surface area contributed by atoms with Crippen LogP contribution in [0.2, 0.25) is 0 Å². The number of nitrogens with two attached hydrogens (primary N) is 1. The van der Waals surface area contributed by atoms with Gasteiger partial charge in [-0.15, -0.1) is 0 Å². The standard InChI is InChI=1S/C28H41FN2O3/c1-34-25-11-8-23(18-25)26(28(30)33)20-4-2-19(3-5-20)12-15-31-16-13-22(14-17-31)27(32)21-6-9-24(29)10-7-21/h6-7,9-10,19-20,22-23,25-26H,2-5,8,11-18H2,1H3,(H2,30,33)/t19?,20?,23-,25+,26?/m0/s1. The fourth-order valence-corrected chi connectivity index (χ4v) is 6.83. The van der Waals surface area contributed by atoms with Gasteiger partial charge >= 0.3 is 0 Å². The van der Waals surface area contributed by atoms with Crippen molar-refractivity contribution in [2.45, 2.75) is 70.3 Å². The summed E-state index contributed by atoms with van der Waals surface area (Å²) in [6, 6.07) is 5.94. The van der Waals surface area contributed by atoms with E-state index in [1.807, 2.05) is 0 Å². The van der Waals surface area contributed by atoms with Crippen LogP contribution in [0.25, 0.3) is 0 Å². The quantitative estimate of drug-likeness (QED) is 0.522. The highest BCUT2D eigenvalue weighted by atomic mass is 19.1. The van der Waals surface area contributed by atoms with E-state index in [4.69, 9.17) is 10.5 Å². The zero-order valence-electron chi connectivity index (χ0n) is 20.6. The highest BCUT2D eigenvalue weighted by molar-refractivity contribution is 5.97. The number of rotatable bonds is 9. The van der Waals surface area contributed by atoms with Crippen molar-refractivity contribution in [1.82, 2.24) is 4.90 Å². The van der Waals surface area contributed by atoms with Gasteiger partial charge in [0.05, 0.1) is 6.10 Å². The van der Waals surface area contributed by atoms with Gasteiger partial charge in [-0.3, -0.25) is 9.59 Å². The van der Waals surface area contributed by atoms with E-state index in [9.17, 15) is 14.0 Å². The lowest BCUT2D eigenvalue weighted by Crippen LogP contribution is -2.39. The number of halogens is 1. The molecule has 0 radical (unpaired) electrons. The van der Waals surface area contributed by atoms with E-state index in [-0.39, 0.29) is 29.3 Å². The van der Waals surface area contributed by atoms with Crippen molar-refractivity contribution in [2.24, 2.45) is 35.3 Å². The predicted octanol–water partition coefficient (Wildman–Crippen LogP) is 4.83. The number of carbonyl (C=O) groups is 2. The molecule has 1 unspecified atom stereocenters. The summed E-state index contributed by atoms with van der Waals surface area (Å²) in [6.07, 6.45) is 10.9. The fourth-order valence-electron chi connectivity index (χ4n) is 6.83. The maximum Gasteiger partial charge on any atom is 0.221 e. The number of nitrogens with zero attached hydrogens (tertiary/aromatic N) is 1. The lowest BCUT2D eigenvalue weighted by atomic mass is 9.70. The monoisotopic (exact) mass is 472 g/mol. The van der Waals surface area contributed by atoms with E-state index < -0.39 is 0 Å². The maximum absolute atomic E-state index is 13.1. The summed E-state index contributed by atoms with van der Waals surface area (Å²) in [5, 5.41) is 0. The number of ether oxygens (including phenoxy) is 1. The van der Waals surface area contributed by atoms with Gasteiger partial charge in [-0.05, 0) is 113 Å². The minimum absolute atomic E-state index is 0.0128. The van der Waals surface area contributed by atoms with Crippen molar-refractivity contribution in [3.63, 3.8) is 0 Å². The van der Waals surface area contributed by atoms with Crippen molar-refractivity contribution >= 4 is 11.7 Å². The van der Waals surface area contributed by atoms with Crippen LogP contribution in [0.3, 0.4) is 0 Å². The van der Waals surface area contributed by atoms with Crippen molar-refractivity contribution < 1.29 is 18.7 Å². The molecular formula is C28H41FN2O3. The van der Waals surface area contributed by atoms with Gasteiger partial charge in [0, 0.05) is 24.5 Å². The molecule has 3 aliphatic rings. The van der Waals surface area contributed by atoms with Gasteiger partial charge in [-0.1, -0.05) is 12.8 Å². The Morgan fingerprint density at radius 1 is 1.00 bits per heavy atom. The second kappa shape index (κ2) is 11.8. The summed E-state index contributed by atoms with van der Waals surface area (Å²) in [6.45, 7) is 3.00. The summed E-state index contributed by atoms with van der Waals surface area (Å²) in [5.74, 6) is 1.35. The molecule has 0 spiro atoms. The number of benzene rings is 1. The SMILES string of the molecule is CO[C@@H]1CC[C@H](C(C(N)=O)C2CCC(CCN3CCC(C(=O)c4ccc(F)cc4)CC3)CC2)C1. The van der Waals surface area contributed by atoms with E-state index in [1.54, 1.807) is 19.2 Å². The molecular weight excluding hydrogens is 431 g/mol. The van der Waals surface area contributed by atoms with Crippen LogP contribution in [0.5, 0.6) is 0 Å². The zero-order valence-corrected chi connectivity index (χ0v) is 20.6. The number of ketones is 1. The van der Waals surface area contributed by atoms with E-state index >= 15 is 0 Å². The Labute approximate surface area is 203 Å². The van der Waals surface area contributed by atoms with Crippen LogP contribution >= 0.6 is 0 Å². The predicted molar refractivity (Wildman–Crippen MR) is 131 cm³/mol. The number of primary amides is 1. The molecule has 5 nitrogen and oxygen atoms in total. The van der Waals surface area contributed by atoms with E-state index in [0.29, 0.717) is 23.5 Å². The molecule has 2 aliphatic carbocycles. The lowest BCUT2D eigenvalue weighted by molar-refractivity contribution is -0.126. The number of hydrogen-bond donors (Lipinski definition) is 1. The van der Waals surface area contributed by atoms with Gasteiger partial charge in [0.1, 0.15) is 5.82 Å². The number of Topliss-reactive ketones (excluding diaryl/α,β-unsaturated/α-hetero) is 1. The normalized spacial score (nSPS) is 29.7. The third kappa shape index (κ3) is 6.25. The highest BCUT2D eigenvalue weighted by Crippen LogP contribution is 2.43. The third-order valence-electron chi connectivity index (χ3n) is 8.93. The topological polar surface area (TPSA) is 72.6 Å². The average molecular weight is 473 g/mol. The molecule has 4 rings (SSSR count). The van der Waals surface area contributed by atoms with Crippen LogP contribution in [-0.2, 0) is 9.53 Å². The number of methoxy groups -OCH3 is 1. The molecule has 3 fully saturated rings. The van der Waals surface area contributed by atoms with Crippen LogP contribution in [-0.4, -0.2) is 49.4 Å². The Bertz CT molecular complexity index is 813. The molecule has 2 saturated carbocycles. The summed E-state index contributed by atoms with van der Waals surface area (Å²) in [5.41, 5.74) is 6.50. The summed E-state index contributed by atoms with van der Waals surface area (Å²) in [4.78, 5) is 27.5. The van der Waals surface area contributed by atoms with Gasteiger partial charge in [-0.25, -0.2) is 4.39 Å². The average Bonchev–Trinajstić information content (AvgIpc) is 3.32. The molecule has 3 atom stereocenters. The van der Waals surface area contributed by atoms with Crippen LogP contribution < -0.4 is 5.73 Å². The highest BCUT2D eigenvalue weighted by Gasteiger charge is 2.40. The molecule has 0 bridgehead atoms. The van der Waals surface area contributed by atoms with E-state index in [1.165, 1.54) is 31.4 Å². The Morgan fingerprint density at radius 3 is 2.24 bits per heavy atom. The van der Waals surface area contributed by atoms with E-state index in [2.05, 4.69) is 4.90 Å². The molecule has 34 heavy (non-hydrogen) atoms. The Kier molecular flexibility index (Phi) is 8.75. The first kappa shape index (κ1) is 25.3. The number of carbonyl (C=O) groups excluding carboxylic acids is 2. The molecule has 0 aromatic heterocycles. The number of hydrogen-bond acceptors (Lipinski definition) is 4. The van der Waals surface area contributed by atoms with Gasteiger partial charge in [0.2, 0.25) is 5.91 Å². The summed E-state index contributed by atoms with van der Waals surface area (Å²) in [7, 11) is 1.77. The van der Waals surface area contributed by atoms with Crippen molar-refractivity contribution in [3.8, 4) is 0 Å². The van der Waals surface area contributed by atoms with Crippen LogP contribution in [0.1, 0.15) is 74.6 Å². The Balaban J connectivity index is 1.17.